The standard InChI is InChI=1S/C17H16Cl2FN5O/c1-10-17(19)11(2)25(22-10)9-16(26)21-15-6-7-24(23-15)8-12-13(18)4-3-5-14(12)20/h3-7H,8-9H2,1-2H3,(H,21,23,26). The van der Waals surface area contributed by atoms with Crippen LogP contribution in [0.2, 0.25) is 10.0 Å². The molecule has 2 heterocycles. The lowest BCUT2D eigenvalue weighted by Gasteiger charge is -2.06. The van der Waals surface area contributed by atoms with E-state index in [2.05, 4.69) is 15.5 Å². The highest BCUT2D eigenvalue weighted by atomic mass is 35.5. The fourth-order valence-electron chi connectivity index (χ4n) is 2.51. The molecule has 0 aliphatic heterocycles. The summed E-state index contributed by atoms with van der Waals surface area (Å²) in [5, 5.41) is 12.0. The zero-order chi connectivity index (χ0) is 18.8. The van der Waals surface area contributed by atoms with E-state index in [1.807, 2.05) is 0 Å². The predicted molar refractivity (Wildman–Crippen MR) is 98.1 cm³/mol. The van der Waals surface area contributed by atoms with Crippen LogP contribution in [0.3, 0.4) is 0 Å². The highest BCUT2D eigenvalue weighted by Crippen LogP contribution is 2.21. The Morgan fingerprint density at radius 2 is 2.00 bits per heavy atom. The Kier molecular flexibility index (Phi) is 5.29. The molecule has 0 bridgehead atoms. The van der Waals surface area contributed by atoms with E-state index in [1.165, 1.54) is 15.4 Å². The van der Waals surface area contributed by atoms with Crippen LogP contribution >= 0.6 is 23.2 Å². The summed E-state index contributed by atoms with van der Waals surface area (Å²) in [5.41, 5.74) is 1.73. The molecule has 0 saturated heterocycles. The van der Waals surface area contributed by atoms with Gasteiger partial charge in [0.05, 0.1) is 23.0 Å². The first-order chi connectivity index (χ1) is 12.3. The van der Waals surface area contributed by atoms with Gasteiger partial charge in [0.1, 0.15) is 12.4 Å². The van der Waals surface area contributed by atoms with E-state index in [4.69, 9.17) is 23.2 Å². The van der Waals surface area contributed by atoms with Crippen molar-refractivity contribution in [2.45, 2.75) is 26.9 Å². The van der Waals surface area contributed by atoms with Gasteiger partial charge in [0, 0.05) is 22.8 Å². The molecule has 0 saturated carbocycles. The van der Waals surface area contributed by atoms with Gasteiger partial charge in [-0.15, -0.1) is 0 Å². The van der Waals surface area contributed by atoms with Crippen LogP contribution in [-0.4, -0.2) is 25.5 Å². The summed E-state index contributed by atoms with van der Waals surface area (Å²) in [6.07, 6.45) is 1.64. The number of amides is 1. The molecule has 136 valence electrons. The molecule has 6 nitrogen and oxygen atoms in total. The number of carbonyl (C=O) groups is 1. The van der Waals surface area contributed by atoms with Gasteiger partial charge >= 0.3 is 0 Å². The van der Waals surface area contributed by atoms with Gasteiger partial charge in [-0.05, 0) is 26.0 Å². The molecule has 1 amide bonds. The van der Waals surface area contributed by atoms with Crippen molar-refractivity contribution in [3.63, 3.8) is 0 Å². The maximum absolute atomic E-state index is 13.9. The van der Waals surface area contributed by atoms with Crippen LogP contribution in [0, 0.1) is 19.7 Å². The minimum atomic E-state index is -0.403. The fourth-order valence-corrected chi connectivity index (χ4v) is 2.87. The Labute approximate surface area is 159 Å². The highest BCUT2D eigenvalue weighted by Gasteiger charge is 2.14. The Hall–Kier alpha value is -2.38. The Morgan fingerprint density at radius 1 is 1.23 bits per heavy atom. The molecule has 0 unspecified atom stereocenters. The summed E-state index contributed by atoms with van der Waals surface area (Å²) < 4.78 is 16.9. The number of aryl methyl sites for hydroxylation is 1. The molecular weight excluding hydrogens is 380 g/mol. The van der Waals surface area contributed by atoms with Gasteiger partial charge in [-0.1, -0.05) is 29.3 Å². The van der Waals surface area contributed by atoms with Crippen LogP contribution in [-0.2, 0) is 17.9 Å². The van der Waals surface area contributed by atoms with Crippen molar-refractivity contribution in [3.05, 3.63) is 63.3 Å². The van der Waals surface area contributed by atoms with Gasteiger partial charge < -0.3 is 5.32 Å². The van der Waals surface area contributed by atoms with Crippen molar-refractivity contribution < 1.29 is 9.18 Å². The number of hydrogen-bond acceptors (Lipinski definition) is 3. The lowest BCUT2D eigenvalue weighted by Crippen LogP contribution is -2.20. The van der Waals surface area contributed by atoms with Crippen LogP contribution in [0.15, 0.2) is 30.5 Å². The second-order valence-corrected chi connectivity index (χ2v) is 6.57. The van der Waals surface area contributed by atoms with Crippen LogP contribution in [0.25, 0.3) is 0 Å². The molecular formula is C17H16Cl2FN5O. The zero-order valence-electron chi connectivity index (χ0n) is 14.1. The third-order valence-corrected chi connectivity index (χ3v) is 4.78. The van der Waals surface area contributed by atoms with Gasteiger partial charge in [0.2, 0.25) is 5.91 Å². The number of nitrogens with zero attached hydrogens (tertiary/aromatic N) is 4. The molecule has 0 atom stereocenters. The van der Waals surface area contributed by atoms with Gasteiger partial charge in [-0.3, -0.25) is 14.2 Å². The van der Waals surface area contributed by atoms with E-state index >= 15 is 0 Å². The average Bonchev–Trinajstić information content (AvgIpc) is 3.11. The second-order valence-electron chi connectivity index (χ2n) is 5.79. The zero-order valence-corrected chi connectivity index (χ0v) is 15.6. The summed E-state index contributed by atoms with van der Waals surface area (Å²) in [5.74, 6) is -0.337. The minimum Gasteiger partial charge on any atom is -0.308 e. The molecule has 9 heteroatoms. The maximum Gasteiger partial charge on any atom is 0.247 e. The highest BCUT2D eigenvalue weighted by molar-refractivity contribution is 6.32. The Balaban J connectivity index is 1.66. The number of anilines is 1. The number of carbonyl (C=O) groups excluding carboxylic acids is 1. The summed E-state index contributed by atoms with van der Waals surface area (Å²) in [4.78, 5) is 12.2. The molecule has 0 spiro atoms. The first kappa shape index (κ1) is 18.4. The van der Waals surface area contributed by atoms with Crippen LogP contribution in [0.4, 0.5) is 10.2 Å². The topological polar surface area (TPSA) is 64.7 Å². The minimum absolute atomic E-state index is 0.0192. The fraction of sp³-hybridized carbons (Fsp3) is 0.235. The van der Waals surface area contributed by atoms with Gasteiger partial charge in [0.15, 0.2) is 5.82 Å². The van der Waals surface area contributed by atoms with Crippen molar-refractivity contribution in [1.29, 1.82) is 0 Å². The summed E-state index contributed by atoms with van der Waals surface area (Å²) >= 11 is 12.1. The molecule has 3 aromatic rings. The molecule has 2 aromatic heterocycles. The number of halogens is 3. The molecule has 0 aliphatic carbocycles. The van der Waals surface area contributed by atoms with Crippen LogP contribution in [0.1, 0.15) is 17.0 Å². The molecule has 3 rings (SSSR count). The Morgan fingerprint density at radius 3 is 2.65 bits per heavy atom. The molecule has 0 fully saturated rings. The van der Waals surface area contributed by atoms with Gasteiger partial charge in [-0.25, -0.2) is 4.39 Å². The quantitative estimate of drug-likeness (QED) is 0.713. The van der Waals surface area contributed by atoms with Gasteiger partial charge in [-0.2, -0.15) is 10.2 Å². The number of benzene rings is 1. The molecule has 26 heavy (non-hydrogen) atoms. The lowest BCUT2D eigenvalue weighted by molar-refractivity contribution is -0.117. The SMILES string of the molecule is Cc1nn(CC(=O)Nc2ccn(Cc3c(F)cccc3Cl)n2)c(C)c1Cl. The smallest absolute Gasteiger partial charge is 0.247 e. The molecule has 0 radical (unpaired) electrons. The predicted octanol–water partition coefficient (Wildman–Crippen LogP) is 3.83. The molecule has 1 aromatic carbocycles. The Bertz CT molecular complexity index is 946. The average molecular weight is 396 g/mol. The first-order valence-corrected chi connectivity index (χ1v) is 8.56. The van der Waals surface area contributed by atoms with Crippen molar-refractivity contribution in [1.82, 2.24) is 19.6 Å². The van der Waals surface area contributed by atoms with E-state index in [9.17, 15) is 9.18 Å². The van der Waals surface area contributed by atoms with Crippen molar-refractivity contribution in [2.75, 3.05) is 5.32 Å². The van der Waals surface area contributed by atoms with E-state index in [0.717, 1.165) is 5.69 Å². The summed E-state index contributed by atoms with van der Waals surface area (Å²) in [6, 6.07) is 6.13. The summed E-state index contributed by atoms with van der Waals surface area (Å²) in [6.45, 7) is 3.75. The van der Waals surface area contributed by atoms with Crippen molar-refractivity contribution in [2.24, 2.45) is 0 Å². The molecule has 1 N–H and O–H groups in total. The second kappa shape index (κ2) is 7.47. The lowest BCUT2D eigenvalue weighted by atomic mass is 10.2. The van der Waals surface area contributed by atoms with E-state index in [1.54, 1.807) is 38.2 Å². The number of rotatable bonds is 5. The normalized spacial score (nSPS) is 11.0. The number of aromatic nitrogens is 4. The van der Waals surface area contributed by atoms with Crippen molar-refractivity contribution >= 4 is 34.9 Å². The first-order valence-electron chi connectivity index (χ1n) is 7.81. The summed E-state index contributed by atoms with van der Waals surface area (Å²) in [7, 11) is 0. The van der Waals surface area contributed by atoms with Gasteiger partial charge in [0.25, 0.3) is 0 Å². The monoisotopic (exact) mass is 395 g/mol. The van der Waals surface area contributed by atoms with E-state index in [-0.39, 0.29) is 19.0 Å². The van der Waals surface area contributed by atoms with Crippen LogP contribution in [0.5, 0.6) is 0 Å². The third kappa shape index (κ3) is 3.89. The van der Waals surface area contributed by atoms with Crippen LogP contribution < -0.4 is 5.32 Å². The molecule has 0 aliphatic rings. The number of hydrogen-bond donors (Lipinski definition) is 1. The van der Waals surface area contributed by atoms with E-state index < -0.39 is 5.82 Å². The maximum atomic E-state index is 13.9. The third-order valence-electron chi connectivity index (χ3n) is 3.88. The van der Waals surface area contributed by atoms with Crippen molar-refractivity contribution in [3.8, 4) is 0 Å². The number of nitrogens with one attached hydrogen (secondary N) is 1. The van der Waals surface area contributed by atoms with E-state index in [0.29, 0.717) is 27.1 Å². The largest absolute Gasteiger partial charge is 0.308 e.